The molecule has 0 radical (unpaired) electrons. The number of rotatable bonds is 5. The van der Waals surface area contributed by atoms with E-state index in [0.717, 1.165) is 28.5 Å². The monoisotopic (exact) mass is 412 g/mol. The smallest absolute Gasteiger partial charge is 0.127 e. The normalized spacial score (nSPS) is 14.9. The van der Waals surface area contributed by atoms with Crippen molar-refractivity contribution in [2.75, 3.05) is 19.1 Å². The number of likely N-dealkylation sites (N-methyl/N-ethyl adjacent to an activating group) is 1. The van der Waals surface area contributed by atoms with E-state index in [-0.39, 0.29) is 5.54 Å². The van der Waals surface area contributed by atoms with Crippen molar-refractivity contribution in [2.24, 2.45) is 4.99 Å². The first-order valence-corrected chi connectivity index (χ1v) is 10.4. The summed E-state index contributed by atoms with van der Waals surface area (Å²) in [6.45, 7) is 6.64. The van der Waals surface area contributed by atoms with E-state index in [1.807, 2.05) is 54.7 Å². The highest BCUT2D eigenvalue weighted by Gasteiger charge is 2.28. The minimum absolute atomic E-state index is 0.0162. The van der Waals surface area contributed by atoms with Crippen LogP contribution in [0.3, 0.4) is 0 Å². The highest BCUT2D eigenvalue weighted by molar-refractivity contribution is 5.88. The van der Waals surface area contributed by atoms with Gasteiger partial charge in [0.15, 0.2) is 0 Å². The molecule has 0 spiro atoms. The van der Waals surface area contributed by atoms with E-state index in [1.165, 1.54) is 16.8 Å². The lowest BCUT2D eigenvalue weighted by Gasteiger charge is -2.40. The van der Waals surface area contributed by atoms with Crippen molar-refractivity contribution in [3.63, 3.8) is 0 Å². The Morgan fingerprint density at radius 1 is 0.871 bits per heavy atom. The molecule has 3 aromatic carbocycles. The first-order chi connectivity index (χ1) is 14.9. The maximum atomic E-state index is 5.88. The molecule has 4 rings (SSSR count). The van der Waals surface area contributed by atoms with Gasteiger partial charge in [-0.2, -0.15) is 0 Å². The van der Waals surface area contributed by atoms with Gasteiger partial charge in [-0.3, -0.25) is 4.99 Å². The summed E-state index contributed by atoms with van der Waals surface area (Å²) in [5, 5.41) is 0. The van der Waals surface area contributed by atoms with Crippen molar-refractivity contribution >= 4 is 23.2 Å². The zero-order valence-electron chi connectivity index (χ0n) is 18.7. The summed E-state index contributed by atoms with van der Waals surface area (Å²) in [6.07, 6.45) is 4.23. The van der Waals surface area contributed by atoms with Crippen LogP contribution in [0.15, 0.2) is 77.8 Å². The lowest BCUT2D eigenvalue weighted by Crippen LogP contribution is -2.42. The van der Waals surface area contributed by atoms with Crippen LogP contribution in [0, 0.1) is 0 Å². The number of hydrogen-bond acceptors (Lipinski definition) is 4. The molecule has 1 heterocycles. The Labute approximate surface area is 184 Å². The van der Waals surface area contributed by atoms with Gasteiger partial charge in [0.1, 0.15) is 17.2 Å². The lowest BCUT2D eigenvalue weighted by atomic mass is 9.89. The van der Waals surface area contributed by atoms with Crippen LogP contribution in [0.4, 0.5) is 11.4 Å². The molecule has 0 fully saturated rings. The Kier molecular flexibility index (Phi) is 5.55. The third kappa shape index (κ3) is 4.48. The number of nitrogens with zero attached hydrogens (tertiary/aromatic N) is 2. The first kappa shape index (κ1) is 20.7. The third-order valence-corrected chi connectivity index (χ3v) is 5.74. The van der Waals surface area contributed by atoms with E-state index in [0.29, 0.717) is 0 Å². The van der Waals surface area contributed by atoms with E-state index >= 15 is 0 Å². The Morgan fingerprint density at radius 2 is 1.48 bits per heavy atom. The van der Waals surface area contributed by atoms with Crippen molar-refractivity contribution in [3.8, 4) is 17.2 Å². The number of anilines is 1. The second-order valence-electron chi connectivity index (χ2n) is 8.35. The van der Waals surface area contributed by atoms with Gasteiger partial charge in [0.25, 0.3) is 0 Å². The standard InChI is InChI=1S/C27H28N2O2/c1-19-17-27(2,3)29(4)26-15-6-20(16-25(19)26)18-28-21-7-9-23(10-8-21)31-24-13-11-22(30-5)12-14-24/h6-18H,1-5H3. The molecular weight excluding hydrogens is 384 g/mol. The second-order valence-corrected chi connectivity index (χ2v) is 8.35. The summed E-state index contributed by atoms with van der Waals surface area (Å²) < 4.78 is 11.1. The molecule has 1 aliphatic heterocycles. The maximum absolute atomic E-state index is 5.88. The molecule has 3 aromatic rings. The molecule has 0 unspecified atom stereocenters. The average Bonchev–Trinajstić information content (AvgIpc) is 2.77. The van der Waals surface area contributed by atoms with Crippen LogP contribution in [-0.4, -0.2) is 25.9 Å². The van der Waals surface area contributed by atoms with Gasteiger partial charge in [0.2, 0.25) is 0 Å². The molecule has 4 nitrogen and oxygen atoms in total. The zero-order valence-corrected chi connectivity index (χ0v) is 18.7. The summed E-state index contributed by atoms with van der Waals surface area (Å²) in [6, 6.07) is 21.8. The molecule has 0 N–H and O–H groups in total. The van der Waals surface area contributed by atoms with Gasteiger partial charge >= 0.3 is 0 Å². The molecule has 0 aromatic heterocycles. The lowest BCUT2D eigenvalue weighted by molar-refractivity contribution is 0.413. The number of hydrogen-bond donors (Lipinski definition) is 0. The Bertz CT molecular complexity index is 1130. The van der Waals surface area contributed by atoms with Gasteiger partial charge in [0.05, 0.1) is 18.3 Å². The fourth-order valence-corrected chi connectivity index (χ4v) is 3.79. The number of ether oxygens (including phenoxy) is 2. The number of methoxy groups -OCH3 is 1. The molecule has 0 aliphatic carbocycles. The minimum Gasteiger partial charge on any atom is -0.497 e. The van der Waals surface area contributed by atoms with Crippen LogP contribution in [-0.2, 0) is 0 Å². The average molecular weight is 413 g/mol. The van der Waals surface area contributed by atoms with Crippen LogP contribution >= 0.6 is 0 Å². The molecule has 0 amide bonds. The quantitative estimate of drug-likeness (QED) is 0.429. The van der Waals surface area contributed by atoms with Gasteiger partial charge in [0, 0.05) is 24.5 Å². The zero-order chi connectivity index (χ0) is 22.0. The molecule has 4 heteroatoms. The maximum Gasteiger partial charge on any atom is 0.127 e. The first-order valence-electron chi connectivity index (χ1n) is 10.4. The van der Waals surface area contributed by atoms with E-state index < -0.39 is 0 Å². The molecule has 0 saturated carbocycles. The van der Waals surface area contributed by atoms with E-state index in [1.54, 1.807) is 7.11 Å². The number of allylic oxidation sites excluding steroid dienone is 1. The highest BCUT2D eigenvalue weighted by atomic mass is 16.5. The molecule has 0 saturated heterocycles. The third-order valence-electron chi connectivity index (χ3n) is 5.74. The summed E-state index contributed by atoms with van der Waals surface area (Å²) in [5.41, 5.74) is 5.79. The van der Waals surface area contributed by atoms with Gasteiger partial charge < -0.3 is 14.4 Å². The van der Waals surface area contributed by atoms with Crippen LogP contribution in [0.25, 0.3) is 5.57 Å². The van der Waals surface area contributed by atoms with Gasteiger partial charge in [-0.05, 0) is 92.6 Å². The Balaban J connectivity index is 1.47. The van der Waals surface area contributed by atoms with E-state index in [4.69, 9.17) is 9.47 Å². The summed E-state index contributed by atoms with van der Waals surface area (Å²) in [5.74, 6) is 2.34. The van der Waals surface area contributed by atoms with Crippen LogP contribution in [0.2, 0.25) is 0 Å². The Morgan fingerprint density at radius 3 is 2.13 bits per heavy atom. The summed E-state index contributed by atoms with van der Waals surface area (Å²) >= 11 is 0. The predicted molar refractivity (Wildman–Crippen MR) is 129 cm³/mol. The molecular formula is C27H28N2O2. The number of benzene rings is 3. The minimum atomic E-state index is 0.0162. The van der Waals surface area contributed by atoms with Crippen LogP contribution in [0.5, 0.6) is 17.2 Å². The van der Waals surface area contributed by atoms with Gasteiger partial charge in [-0.25, -0.2) is 0 Å². The van der Waals surface area contributed by atoms with Crippen molar-refractivity contribution in [2.45, 2.75) is 26.3 Å². The van der Waals surface area contributed by atoms with Gasteiger partial charge in [-0.15, -0.1) is 0 Å². The number of fused-ring (bicyclic) bond motifs is 1. The highest BCUT2D eigenvalue weighted by Crippen LogP contribution is 2.38. The fourth-order valence-electron chi connectivity index (χ4n) is 3.79. The van der Waals surface area contributed by atoms with E-state index in [9.17, 15) is 0 Å². The number of aliphatic imine (C=N–C) groups is 1. The molecule has 1 aliphatic rings. The van der Waals surface area contributed by atoms with Crippen molar-refractivity contribution in [1.29, 1.82) is 0 Å². The van der Waals surface area contributed by atoms with Crippen molar-refractivity contribution < 1.29 is 9.47 Å². The van der Waals surface area contributed by atoms with Crippen molar-refractivity contribution in [1.82, 2.24) is 0 Å². The van der Waals surface area contributed by atoms with Gasteiger partial charge in [-0.1, -0.05) is 12.1 Å². The Hall–Kier alpha value is -3.53. The molecule has 158 valence electrons. The topological polar surface area (TPSA) is 34.1 Å². The summed E-state index contributed by atoms with van der Waals surface area (Å²) in [7, 11) is 3.79. The van der Waals surface area contributed by atoms with E-state index in [2.05, 4.69) is 62.0 Å². The second kappa shape index (κ2) is 8.31. The molecule has 0 bridgehead atoms. The largest absolute Gasteiger partial charge is 0.497 e. The molecule has 0 atom stereocenters. The molecule has 31 heavy (non-hydrogen) atoms. The van der Waals surface area contributed by atoms with Crippen molar-refractivity contribution in [3.05, 3.63) is 83.9 Å². The van der Waals surface area contributed by atoms with Crippen LogP contribution in [0.1, 0.15) is 31.9 Å². The summed E-state index contributed by atoms with van der Waals surface area (Å²) in [4.78, 5) is 6.96. The fraction of sp³-hybridized carbons (Fsp3) is 0.222. The van der Waals surface area contributed by atoms with Crippen LogP contribution < -0.4 is 14.4 Å². The SMILES string of the molecule is COc1ccc(Oc2ccc(N=Cc3ccc4c(c3)C(C)=CC(C)(C)N4C)cc2)cc1. The predicted octanol–water partition coefficient (Wildman–Crippen LogP) is 6.87.